The Morgan fingerprint density at radius 3 is 2.48 bits per heavy atom. The number of hydrogen-bond acceptors (Lipinski definition) is 3. The summed E-state index contributed by atoms with van der Waals surface area (Å²) in [6.45, 7) is 6.13. The van der Waals surface area contributed by atoms with E-state index in [-0.39, 0.29) is 12.5 Å². The van der Waals surface area contributed by atoms with Crippen LogP contribution in [0.15, 0.2) is 42.5 Å². The minimum atomic E-state index is -0.435. The van der Waals surface area contributed by atoms with Crippen molar-refractivity contribution in [1.29, 1.82) is 0 Å². The molecule has 0 aliphatic heterocycles. The van der Waals surface area contributed by atoms with Crippen LogP contribution in [0.4, 0.5) is 16.2 Å². The lowest BCUT2D eigenvalue weighted by Crippen LogP contribution is -2.35. The van der Waals surface area contributed by atoms with E-state index in [4.69, 9.17) is 4.74 Å². The van der Waals surface area contributed by atoms with Crippen molar-refractivity contribution in [3.8, 4) is 5.75 Å². The van der Waals surface area contributed by atoms with Gasteiger partial charge in [0.2, 0.25) is 5.91 Å². The van der Waals surface area contributed by atoms with Gasteiger partial charge in [-0.15, -0.1) is 0 Å². The van der Waals surface area contributed by atoms with Gasteiger partial charge in [0.05, 0.1) is 18.8 Å². The standard InChI is InChI=1S/C19H23N3O3/c1-4-25-17-11-14(3)8-9-16(17)22-18(23)12-20-19(24)21-15-7-5-6-13(2)10-15/h5-11H,4,12H2,1-3H3,(H,22,23)(H2,20,21,24). The number of amides is 3. The molecule has 6 heteroatoms. The van der Waals surface area contributed by atoms with Crippen LogP contribution in [-0.4, -0.2) is 25.1 Å². The lowest BCUT2D eigenvalue weighted by molar-refractivity contribution is -0.115. The average Bonchev–Trinajstić information content (AvgIpc) is 2.56. The molecule has 0 aliphatic carbocycles. The molecule has 132 valence electrons. The number of ether oxygens (including phenoxy) is 1. The van der Waals surface area contributed by atoms with Crippen molar-refractivity contribution in [1.82, 2.24) is 5.32 Å². The van der Waals surface area contributed by atoms with Crippen LogP contribution in [0.5, 0.6) is 5.75 Å². The van der Waals surface area contributed by atoms with E-state index in [2.05, 4.69) is 16.0 Å². The van der Waals surface area contributed by atoms with Gasteiger partial charge in [0.15, 0.2) is 0 Å². The highest BCUT2D eigenvalue weighted by Crippen LogP contribution is 2.25. The Kier molecular flexibility index (Phi) is 6.39. The highest BCUT2D eigenvalue weighted by atomic mass is 16.5. The zero-order chi connectivity index (χ0) is 18.2. The van der Waals surface area contributed by atoms with E-state index in [1.807, 2.05) is 51.1 Å². The summed E-state index contributed by atoms with van der Waals surface area (Å²) in [5, 5.41) is 7.96. The number of aryl methyl sites for hydroxylation is 2. The van der Waals surface area contributed by atoms with Crippen LogP contribution >= 0.6 is 0 Å². The fourth-order valence-corrected chi connectivity index (χ4v) is 2.26. The van der Waals surface area contributed by atoms with Gasteiger partial charge in [0.25, 0.3) is 0 Å². The molecule has 3 N–H and O–H groups in total. The Morgan fingerprint density at radius 1 is 1.00 bits per heavy atom. The molecule has 3 amide bonds. The van der Waals surface area contributed by atoms with Crippen LogP contribution in [0.3, 0.4) is 0 Å². The van der Waals surface area contributed by atoms with Crippen molar-refractivity contribution >= 4 is 23.3 Å². The fourth-order valence-electron chi connectivity index (χ4n) is 2.26. The summed E-state index contributed by atoms with van der Waals surface area (Å²) in [7, 11) is 0. The third-order valence-electron chi connectivity index (χ3n) is 3.40. The largest absolute Gasteiger partial charge is 0.492 e. The smallest absolute Gasteiger partial charge is 0.319 e. The highest BCUT2D eigenvalue weighted by Gasteiger charge is 2.10. The quantitative estimate of drug-likeness (QED) is 0.753. The predicted molar refractivity (Wildman–Crippen MR) is 99.2 cm³/mol. The maximum atomic E-state index is 12.1. The van der Waals surface area contributed by atoms with Gasteiger partial charge in [-0.05, 0) is 56.2 Å². The molecule has 0 aromatic heterocycles. The minimum Gasteiger partial charge on any atom is -0.492 e. The van der Waals surface area contributed by atoms with E-state index in [0.717, 1.165) is 11.1 Å². The first-order valence-corrected chi connectivity index (χ1v) is 8.12. The van der Waals surface area contributed by atoms with Gasteiger partial charge in [-0.3, -0.25) is 4.79 Å². The van der Waals surface area contributed by atoms with Crippen molar-refractivity contribution in [2.45, 2.75) is 20.8 Å². The van der Waals surface area contributed by atoms with Gasteiger partial charge in [0, 0.05) is 5.69 Å². The Labute approximate surface area is 147 Å². The monoisotopic (exact) mass is 341 g/mol. The second kappa shape index (κ2) is 8.73. The van der Waals surface area contributed by atoms with Crippen molar-refractivity contribution in [3.63, 3.8) is 0 Å². The third kappa shape index (κ3) is 5.84. The number of hydrogen-bond donors (Lipinski definition) is 3. The number of anilines is 2. The maximum absolute atomic E-state index is 12.1. The van der Waals surface area contributed by atoms with Crippen LogP contribution in [-0.2, 0) is 4.79 Å². The van der Waals surface area contributed by atoms with E-state index in [1.54, 1.807) is 12.1 Å². The van der Waals surface area contributed by atoms with Crippen LogP contribution in [0, 0.1) is 13.8 Å². The van der Waals surface area contributed by atoms with Crippen molar-refractivity contribution < 1.29 is 14.3 Å². The highest BCUT2D eigenvalue weighted by molar-refractivity contribution is 5.97. The van der Waals surface area contributed by atoms with Gasteiger partial charge in [0.1, 0.15) is 5.75 Å². The van der Waals surface area contributed by atoms with Gasteiger partial charge < -0.3 is 20.7 Å². The molecule has 0 atom stereocenters. The first-order valence-electron chi connectivity index (χ1n) is 8.12. The maximum Gasteiger partial charge on any atom is 0.319 e. The minimum absolute atomic E-state index is 0.142. The number of carbonyl (C=O) groups is 2. The molecule has 6 nitrogen and oxygen atoms in total. The van der Waals surface area contributed by atoms with Crippen LogP contribution in [0.2, 0.25) is 0 Å². The molecule has 2 rings (SSSR count). The molecule has 2 aromatic rings. The van der Waals surface area contributed by atoms with Crippen molar-refractivity contribution in [2.75, 3.05) is 23.8 Å². The number of urea groups is 1. The van der Waals surface area contributed by atoms with Gasteiger partial charge in [-0.1, -0.05) is 18.2 Å². The topological polar surface area (TPSA) is 79.5 Å². The van der Waals surface area contributed by atoms with Crippen LogP contribution in [0.1, 0.15) is 18.1 Å². The number of carbonyl (C=O) groups excluding carboxylic acids is 2. The molecule has 0 saturated carbocycles. The SMILES string of the molecule is CCOc1cc(C)ccc1NC(=O)CNC(=O)Nc1cccc(C)c1. The van der Waals surface area contributed by atoms with Crippen molar-refractivity contribution in [3.05, 3.63) is 53.6 Å². The van der Waals surface area contributed by atoms with Crippen LogP contribution < -0.4 is 20.7 Å². The molecule has 0 saturated heterocycles. The Hall–Kier alpha value is -3.02. The normalized spacial score (nSPS) is 10.0. The summed E-state index contributed by atoms with van der Waals surface area (Å²) in [6, 6.07) is 12.5. The number of rotatable bonds is 6. The first-order chi connectivity index (χ1) is 12.0. The molecule has 0 spiro atoms. The first kappa shape index (κ1) is 18.3. The molecular formula is C19H23N3O3. The molecule has 0 bridgehead atoms. The van der Waals surface area contributed by atoms with E-state index >= 15 is 0 Å². The summed E-state index contributed by atoms with van der Waals surface area (Å²) in [5.74, 6) is 0.282. The van der Waals surface area contributed by atoms with Gasteiger partial charge in [-0.2, -0.15) is 0 Å². The average molecular weight is 341 g/mol. The molecule has 0 aliphatic rings. The molecule has 25 heavy (non-hydrogen) atoms. The number of nitrogens with one attached hydrogen (secondary N) is 3. The lowest BCUT2D eigenvalue weighted by atomic mass is 10.2. The molecule has 2 aromatic carbocycles. The summed E-state index contributed by atoms with van der Waals surface area (Å²) in [5.41, 5.74) is 3.34. The molecule has 0 fully saturated rings. The predicted octanol–water partition coefficient (Wildman–Crippen LogP) is 3.46. The lowest BCUT2D eigenvalue weighted by Gasteiger charge is -2.13. The van der Waals surface area contributed by atoms with Crippen molar-refractivity contribution in [2.24, 2.45) is 0 Å². The summed E-state index contributed by atoms with van der Waals surface area (Å²) in [6.07, 6.45) is 0. The van der Waals surface area contributed by atoms with Gasteiger partial charge in [-0.25, -0.2) is 4.79 Å². The Bertz CT molecular complexity index is 759. The molecule has 0 heterocycles. The molecule has 0 unspecified atom stereocenters. The molecular weight excluding hydrogens is 318 g/mol. The molecule has 0 radical (unpaired) electrons. The third-order valence-corrected chi connectivity index (χ3v) is 3.40. The zero-order valence-electron chi connectivity index (χ0n) is 14.7. The summed E-state index contributed by atoms with van der Waals surface area (Å²) < 4.78 is 5.52. The van der Waals surface area contributed by atoms with E-state index < -0.39 is 6.03 Å². The van der Waals surface area contributed by atoms with Crippen LogP contribution in [0.25, 0.3) is 0 Å². The Balaban J connectivity index is 1.87. The van der Waals surface area contributed by atoms with Gasteiger partial charge >= 0.3 is 6.03 Å². The summed E-state index contributed by atoms with van der Waals surface area (Å²) in [4.78, 5) is 23.9. The van der Waals surface area contributed by atoms with E-state index in [1.165, 1.54) is 0 Å². The zero-order valence-corrected chi connectivity index (χ0v) is 14.7. The Morgan fingerprint density at radius 2 is 1.76 bits per heavy atom. The van der Waals surface area contributed by atoms with E-state index in [0.29, 0.717) is 23.7 Å². The second-order valence-electron chi connectivity index (χ2n) is 5.66. The van der Waals surface area contributed by atoms with E-state index in [9.17, 15) is 9.59 Å². The second-order valence-corrected chi connectivity index (χ2v) is 5.66. The fraction of sp³-hybridized carbons (Fsp3) is 0.263. The number of benzene rings is 2. The summed E-state index contributed by atoms with van der Waals surface area (Å²) >= 11 is 0.